The molecule has 7 nitrogen and oxygen atoms in total. The van der Waals surface area contributed by atoms with E-state index in [-0.39, 0.29) is 23.7 Å². The molecule has 2 N–H and O–H groups in total. The molecule has 1 amide bonds. The first-order valence-electron chi connectivity index (χ1n) is 12.5. The molecule has 37 heavy (non-hydrogen) atoms. The van der Waals surface area contributed by atoms with Crippen molar-refractivity contribution in [2.75, 3.05) is 23.9 Å². The fourth-order valence-corrected chi connectivity index (χ4v) is 5.35. The number of Topliss-reactive ketones (excluding diaryl/α,β-unsaturated/α-hetero) is 1. The zero-order valence-electron chi connectivity index (χ0n) is 21.5. The summed E-state index contributed by atoms with van der Waals surface area (Å²) in [5.74, 6) is 0.601. The molecule has 1 aromatic heterocycles. The maximum absolute atomic E-state index is 13.8. The average Bonchev–Trinajstić information content (AvgIpc) is 3.01. The lowest BCUT2D eigenvalue weighted by Gasteiger charge is -2.38. The second kappa shape index (κ2) is 10.1. The van der Waals surface area contributed by atoms with E-state index in [0.29, 0.717) is 24.3 Å². The van der Waals surface area contributed by atoms with Crippen molar-refractivity contribution >= 4 is 23.1 Å². The number of ketones is 1. The zero-order chi connectivity index (χ0) is 26.0. The molecule has 2 aromatic carbocycles. The summed E-state index contributed by atoms with van der Waals surface area (Å²) >= 11 is 0. The predicted molar refractivity (Wildman–Crippen MR) is 144 cm³/mol. The molecule has 0 fully saturated rings. The minimum Gasteiger partial charge on any atom is -0.496 e. The SMILES string of the molecule is COc1ccccc1[C@@H]1C2=C(CC(C)(C)CC2=O)Nc2ccccc2N1CC(=O)NCc1ccccn1. The van der Waals surface area contributed by atoms with Crippen LogP contribution in [0.4, 0.5) is 11.4 Å². The first-order chi connectivity index (χ1) is 17.9. The third-order valence-corrected chi connectivity index (χ3v) is 6.94. The fourth-order valence-electron chi connectivity index (χ4n) is 5.35. The number of nitrogens with one attached hydrogen (secondary N) is 2. The van der Waals surface area contributed by atoms with E-state index in [4.69, 9.17) is 4.74 Å². The standard InChI is InChI=1S/C30H32N4O3/c1-30(2)16-23-28(25(35)17-30)29(21-11-4-7-14-26(21)37-3)34(24-13-6-5-12-22(24)33-23)19-27(36)32-18-20-10-8-9-15-31-20/h4-15,29,33H,16-19H2,1-3H3,(H,32,36)/t29-/m1/s1. The van der Waals surface area contributed by atoms with Crippen molar-refractivity contribution in [3.63, 3.8) is 0 Å². The zero-order valence-corrected chi connectivity index (χ0v) is 21.5. The first-order valence-corrected chi connectivity index (χ1v) is 12.5. The summed E-state index contributed by atoms with van der Waals surface area (Å²) in [6.07, 6.45) is 2.88. The molecule has 0 saturated carbocycles. The summed E-state index contributed by atoms with van der Waals surface area (Å²) in [5.41, 5.74) is 4.78. The molecule has 3 aromatic rings. The van der Waals surface area contributed by atoms with Gasteiger partial charge in [0.1, 0.15) is 5.75 Å². The Morgan fingerprint density at radius 1 is 1.08 bits per heavy atom. The number of hydrogen-bond donors (Lipinski definition) is 2. The lowest BCUT2D eigenvalue weighted by Crippen LogP contribution is -2.42. The van der Waals surface area contributed by atoms with Crippen LogP contribution in [-0.4, -0.2) is 30.3 Å². The summed E-state index contributed by atoms with van der Waals surface area (Å²) in [6.45, 7) is 4.62. The lowest BCUT2D eigenvalue weighted by molar-refractivity contribution is -0.121. The molecule has 0 spiro atoms. The number of rotatable bonds is 6. The molecule has 1 atom stereocenters. The number of allylic oxidation sites excluding steroid dienone is 1. The van der Waals surface area contributed by atoms with Crippen molar-refractivity contribution in [2.24, 2.45) is 5.41 Å². The van der Waals surface area contributed by atoms with Crippen LogP contribution in [0.5, 0.6) is 5.75 Å². The van der Waals surface area contributed by atoms with Crippen molar-refractivity contribution in [2.45, 2.75) is 39.3 Å². The summed E-state index contributed by atoms with van der Waals surface area (Å²) in [6, 6.07) is 20.8. The van der Waals surface area contributed by atoms with Gasteiger partial charge in [0.2, 0.25) is 5.91 Å². The molecule has 0 saturated heterocycles. The third kappa shape index (κ3) is 5.07. The maximum Gasteiger partial charge on any atom is 0.239 e. The number of amides is 1. The Morgan fingerprint density at radius 3 is 2.62 bits per heavy atom. The van der Waals surface area contributed by atoms with Crippen molar-refractivity contribution in [1.29, 1.82) is 0 Å². The van der Waals surface area contributed by atoms with Crippen LogP contribution >= 0.6 is 0 Å². The van der Waals surface area contributed by atoms with Gasteiger partial charge >= 0.3 is 0 Å². The number of aromatic nitrogens is 1. The molecule has 0 unspecified atom stereocenters. The second-order valence-electron chi connectivity index (χ2n) is 10.3. The van der Waals surface area contributed by atoms with Crippen LogP contribution in [0.1, 0.15) is 44.0 Å². The highest BCUT2D eigenvalue weighted by atomic mass is 16.5. The van der Waals surface area contributed by atoms with Gasteiger partial charge in [-0.25, -0.2) is 0 Å². The Kier molecular flexibility index (Phi) is 6.70. The van der Waals surface area contributed by atoms with E-state index in [0.717, 1.165) is 34.8 Å². The quantitative estimate of drug-likeness (QED) is 0.499. The van der Waals surface area contributed by atoms with Crippen LogP contribution in [0, 0.1) is 5.41 Å². The minimum absolute atomic E-state index is 0.0572. The van der Waals surface area contributed by atoms with Gasteiger partial charge in [0.15, 0.2) is 5.78 Å². The molecule has 1 aliphatic carbocycles. The molecular formula is C30H32N4O3. The number of para-hydroxylation sites is 3. The van der Waals surface area contributed by atoms with Crippen LogP contribution in [0.2, 0.25) is 0 Å². The lowest BCUT2D eigenvalue weighted by atomic mass is 9.73. The van der Waals surface area contributed by atoms with Crippen molar-refractivity contribution in [3.05, 3.63) is 95.5 Å². The summed E-state index contributed by atoms with van der Waals surface area (Å²) in [7, 11) is 1.63. The van der Waals surface area contributed by atoms with E-state index < -0.39 is 6.04 Å². The predicted octanol–water partition coefficient (Wildman–Crippen LogP) is 5.02. The third-order valence-electron chi connectivity index (χ3n) is 6.94. The maximum atomic E-state index is 13.8. The van der Waals surface area contributed by atoms with E-state index in [2.05, 4.69) is 29.5 Å². The minimum atomic E-state index is -0.494. The number of carbonyl (C=O) groups is 2. The largest absolute Gasteiger partial charge is 0.496 e. The van der Waals surface area contributed by atoms with E-state index in [1.807, 2.05) is 71.6 Å². The van der Waals surface area contributed by atoms with Gasteiger partial charge in [0.05, 0.1) is 43.3 Å². The van der Waals surface area contributed by atoms with Crippen molar-refractivity contribution in [3.8, 4) is 5.75 Å². The normalized spacial score (nSPS) is 18.3. The van der Waals surface area contributed by atoms with Crippen LogP contribution in [-0.2, 0) is 16.1 Å². The monoisotopic (exact) mass is 496 g/mol. The summed E-state index contributed by atoms with van der Waals surface area (Å²) in [4.78, 5) is 33.5. The Morgan fingerprint density at radius 2 is 1.84 bits per heavy atom. The molecule has 2 heterocycles. The van der Waals surface area contributed by atoms with Gasteiger partial charge in [-0.15, -0.1) is 0 Å². The van der Waals surface area contributed by atoms with Crippen LogP contribution < -0.4 is 20.3 Å². The van der Waals surface area contributed by atoms with Gasteiger partial charge in [-0.05, 0) is 42.2 Å². The number of methoxy groups -OCH3 is 1. The van der Waals surface area contributed by atoms with Gasteiger partial charge in [-0.2, -0.15) is 0 Å². The van der Waals surface area contributed by atoms with Crippen molar-refractivity contribution < 1.29 is 14.3 Å². The smallest absolute Gasteiger partial charge is 0.239 e. The summed E-state index contributed by atoms with van der Waals surface area (Å²) < 4.78 is 5.75. The van der Waals surface area contributed by atoms with E-state index in [1.54, 1.807) is 13.3 Å². The Hall–Kier alpha value is -4.13. The highest BCUT2D eigenvalue weighted by Crippen LogP contribution is 2.49. The van der Waals surface area contributed by atoms with E-state index in [1.165, 1.54) is 0 Å². The highest BCUT2D eigenvalue weighted by molar-refractivity contribution is 6.02. The van der Waals surface area contributed by atoms with Crippen LogP contribution in [0.25, 0.3) is 0 Å². The molecule has 190 valence electrons. The van der Waals surface area contributed by atoms with Gasteiger partial charge in [-0.3, -0.25) is 14.6 Å². The van der Waals surface area contributed by atoms with Gasteiger partial charge in [0, 0.05) is 29.5 Å². The number of ether oxygens (including phenoxy) is 1. The number of benzene rings is 2. The molecular weight excluding hydrogens is 464 g/mol. The van der Waals surface area contributed by atoms with E-state index >= 15 is 0 Å². The number of hydrogen-bond acceptors (Lipinski definition) is 6. The number of pyridine rings is 1. The molecule has 1 aliphatic heterocycles. The number of anilines is 2. The Balaban J connectivity index is 1.61. The topological polar surface area (TPSA) is 83.6 Å². The van der Waals surface area contributed by atoms with Crippen LogP contribution in [0.3, 0.4) is 0 Å². The first kappa shape index (κ1) is 24.6. The Labute approximate surface area is 217 Å². The molecule has 0 radical (unpaired) electrons. The molecule has 2 aliphatic rings. The van der Waals surface area contributed by atoms with Crippen molar-refractivity contribution in [1.82, 2.24) is 10.3 Å². The number of fused-ring (bicyclic) bond motifs is 1. The van der Waals surface area contributed by atoms with Gasteiger partial charge in [-0.1, -0.05) is 50.2 Å². The van der Waals surface area contributed by atoms with E-state index in [9.17, 15) is 9.59 Å². The second-order valence-corrected chi connectivity index (χ2v) is 10.3. The fraction of sp³-hybridized carbons (Fsp3) is 0.300. The Bertz CT molecular complexity index is 1350. The molecule has 0 bridgehead atoms. The molecule has 7 heteroatoms. The summed E-state index contributed by atoms with van der Waals surface area (Å²) in [5, 5.41) is 6.58. The molecule has 5 rings (SSSR count). The number of carbonyl (C=O) groups excluding carboxylic acids is 2. The number of nitrogens with zero attached hydrogens (tertiary/aromatic N) is 2. The highest BCUT2D eigenvalue weighted by Gasteiger charge is 2.42. The average molecular weight is 497 g/mol. The van der Waals surface area contributed by atoms with Gasteiger partial charge in [0.25, 0.3) is 0 Å². The van der Waals surface area contributed by atoms with Gasteiger partial charge < -0.3 is 20.3 Å². The van der Waals surface area contributed by atoms with Crippen LogP contribution in [0.15, 0.2) is 84.2 Å².